The fraction of sp³-hybridized carbons (Fsp3) is 0.105. The molecular formula is C19H16OS. The summed E-state index contributed by atoms with van der Waals surface area (Å²) in [6, 6.07) is 22.3. The van der Waals surface area contributed by atoms with Crippen LogP contribution >= 0.6 is 11.8 Å². The molecule has 0 radical (unpaired) electrons. The number of fused-ring (bicyclic) bond motifs is 1. The SMILES string of the molecule is CSc1ccc(C(=O)Cc2ccc3ccccc3c2)cc1. The minimum absolute atomic E-state index is 0.165. The van der Waals surface area contributed by atoms with Crippen molar-refractivity contribution < 1.29 is 4.79 Å². The third-order valence-electron chi connectivity index (χ3n) is 3.59. The first-order valence-corrected chi connectivity index (χ1v) is 8.14. The molecule has 3 aromatic carbocycles. The number of carbonyl (C=O) groups excluding carboxylic acids is 1. The summed E-state index contributed by atoms with van der Waals surface area (Å²) in [5.74, 6) is 0.165. The average Bonchev–Trinajstić information content (AvgIpc) is 2.55. The third kappa shape index (κ3) is 3.17. The number of rotatable bonds is 4. The van der Waals surface area contributed by atoms with E-state index < -0.39 is 0 Å². The topological polar surface area (TPSA) is 17.1 Å². The number of thioether (sulfide) groups is 1. The van der Waals surface area contributed by atoms with Gasteiger partial charge >= 0.3 is 0 Å². The van der Waals surface area contributed by atoms with Gasteiger partial charge in [0.2, 0.25) is 0 Å². The Hall–Kier alpha value is -2.06. The van der Waals surface area contributed by atoms with E-state index in [1.807, 2.05) is 48.7 Å². The van der Waals surface area contributed by atoms with Gasteiger partial charge in [0, 0.05) is 16.9 Å². The van der Waals surface area contributed by atoms with E-state index in [2.05, 4.69) is 24.3 Å². The van der Waals surface area contributed by atoms with Gasteiger partial charge in [0.05, 0.1) is 0 Å². The molecule has 0 aromatic heterocycles. The first-order valence-electron chi connectivity index (χ1n) is 6.91. The predicted molar refractivity (Wildman–Crippen MR) is 90.2 cm³/mol. The zero-order valence-corrected chi connectivity index (χ0v) is 12.7. The molecule has 2 heteroatoms. The van der Waals surface area contributed by atoms with E-state index >= 15 is 0 Å². The molecular weight excluding hydrogens is 276 g/mol. The first-order chi connectivity index (χ1) is 10.3. The van der Waals surface area contributed by atoms with Crippen LogP contribution in [0.2, 0.25) is 0 Å². The van der Waals surface area contributed by atoms with Crippen molar-refractivity contribution in [3.05, 3.63) is 77.9 Å². The molecule has 0 saturated carbocycles. The minimum Gasteiger partial charge on any atom is -0.294 e. The van der Waals surface area contributed by atoms with Crippen LogP contribution in [0.15, 0.2) is 71.6 Å². The Balaban J connectivity index is 1.81. The van der Waals surface area contributed by atoms with E-state index in [-0.39, 0.29) is 5.78 Å². The summed E-state index contributed by atoms with van der Waals surface area (Å²) < 4.78 is 0. The molecule has 0 fully saturated rings. The number of hydrogen-bond donors (Lipinski definition) is 0. The van der Waals surface area contributed by atoms with Crippen LogP contribution in [0, 0.1) is 0 Å². The fourth-order valence-electron chi connectivity index (χ4n) is 2.41. The molecule has 0 spiro atoms. The lowest BCUT2D eigenvalue weighted by atomic mass is 10.0. The largest absolute Gasteiger partial charge is 0.294 e. The molecule has 0 saturated heterocycles. The summed E-state index contributed by atoms with van der Waals surface area (Å²) in [6.45, 7) is 0. The summed E-state index contributed by atoms with van der Waals surface area (Å²) in [7, 11) is 0. The van der Waals surface area contributed by atoms with Gasteiger partial charge in [-0.05, 0) is 34.7 Å². The van der Waals surface area contributed by atoms with Crippen molar-refractivity contribution in [2.24, 2.45) is 0 Å². The molecule has 1 nitrogen and oxygen atoms in total. The van der Waals surface area contributed by atoms with E-state index in [1.165, 1.54) is 15.7 Å². The number of benzene rings is 3. The van der Waals surface area contributed by atoms with Gasteiger partial charge in [-0.15, -0.1) is 11.8 Å². The molecule has 0 aliphatic heterocycles. The average molecular weight is 292 g/mol. The molecule has 0 aliphatic carbocycles. The van der Waals surface area contributed by atoms with Gasteiger partial charge in [-0.2, -0.15) is 0 Å². The zero-order chi connectivity index (χ0) is 14.7. The van der Waals surface area contributed by atoms with E-state index in [4.69, 9.17) is 0 Å². The summed E-state index contributed by atoms with van der Waals surface area (Å²) in [5.41, 5.74) is 1.84. The van der Waals surface area contributed by atoms with Crippen LogP contribution in [0.3, 0.4) is 0 Å². The van der Waals surface area contributed by atoms with Crippen LogP contribution in [0.1, 0.15) is 15.9 Å². The number of hydrogen-bond acceptors (Lipinski definition) is 2. The lowest BCUT2D eigenvalue weighted by Crippen LogP contribution is -2.03. The summed E-state index contributed by atoms with van der Waals surface area (Å²) in [5, 5.41) is 2.39. The minimum atomic E-state index is 0.165. The quantitative estimate of drug-likeness (QED) is 0.498. The molecule has 3 rings (SSSR count). The van der Waals surface area contributed by atoms with Gasteiger partial charge in [-0.25, -0.2) is 0 Å². The Morgan fingerprint density at radius 2 is 1.62 bits per heavy atom. The fourth-order valence-corrected chi connectivity index (χ4v) is 2.82. The Morgan fingerprint density at radius 3 is 2.33 bits per heavy atom. The second kappa shape index (κ2) is 6.15. The van der Waals surface area contributed by atoms with E-state index in [1.54, 1.807) is 11.8 Å². The number of carbonyl (C=O) groups is 1. The number of ketones is 1. The van der Waals surface area contributed by atoms with Crippen molar-refractivity contribution in [3.8, 4) is 0 Å². The highest BCUT2D eigenvalue weighted by atomic mass is 32.2. The Morgan fingerprint density at radius 1 is 0.905 bits per heavy atom. The molecule has 104 valence electrons. The van der Waals surface area contributed by atoms with Crippen molar-refractivity contribution in [2.75, 3.05) is 6.26 Å². The standard InChI is InChI=1S/C19H16OS/c1-21-18-10-8-16(9-11-18)19(20)13-14-6-7-15-4-2-3-5-17(15)12-14/h2-12H,13H2,1H3. The van der Waals surface area contributed by atoms with Crippen LogP contribution in [0.5, 0.6) is 0 Å². The first kappa shape index (κ1) is 13.9. The van der Waals surface area contributed by atoms with Crippen LogP contribution in [0.25, 0.3) is 10.8 Å². The normalized spacial score (nSPS) is 10.7. The molecule has 0 N–H and O–H groups in total. The predicted octanol–water partition coefficient (Wildman–Crippen LogP) is 4.99. The second-order valence-corrected chi connectivity index (χ2v) is 5.89. The van der Waals surface area contributed by atoms with Crippen molar-refractivity contribution in [1.29, 1.82) is 0 Å². The maximum Gasteiger partial charge on any atom is 0.167 e. The maximum absolute atomic E-state index is 12.3. The summed E-state index contributed by atoms with van der Waals surface area (Å²) >= 11 is 1.68. The van der Waals surface area contributed by atoms with Crippen molar-refractivity contribution in [3.63, 3.8) is 0 Å². The second-order valence-electron chi connectivity index (χ2n) is 5.01. The lowest BCUT2D eigenvalue weighted by molar-refractivity contribution is 0.0993. The zero-order valence-electron chi connectivity index (χ0n) is 11.9. The maximum atomic E-state index is 12.3. The molecule has 0 aliphatic rings. The molecule has 0 heterocycles. The third-order valence-corrected chi connectivity index (χ3v) is 4.33. The van der Waals surface area contributed by atoms with E-state index in [0.29, 0.717) is 6.42 Å². The van der Waals surface area contributed by atoms with Gasteiger partial charge in [-0.1, -0.05) is 54.6 Å². The highest BCUT2D eigenvalue weighted by Gasteiger charge is 2.07. The van der Waals surface area contributed by atoms with Crippen molar-refractivity contribution in [1.82, 2.24) is 0 Å². The van der Waals surface area contributed by atoms with Crippen molar-refractivity contribution >= 4 is 28.3 Å². The number of Topliss-reactive ketones (excluding diaryl/α,β-unsaturated/α-hetero) is 1. The molecule has 21 heavy (non-hydrogen) atoms. The Bertz CT molecular complexity index is 775. The molecule has 0 amide bonds. The van der Waals surface area contributed by atoms with Gasteiger partial charge in [0.1, 0.15) is 0 Å². The lowest BCUT2D eigenvalue weighted by Gasteiger charge is -2.04. The molecule has 0 atom stereocenters. The smallest absolute Gasteiger partial charge is 0.167 e. The van der Waals surface area contributed by atoms with Gasteiger partial charge in [-0.3, -0.25) is 4.79 Å². The molecule has 0 unspecified atom stereocenters. The van der Waals surface area contributed by atoms with E-state index in [0.717, 1.165) is 11.1 Å². The highest BCUT2D eigenvalue weighted by Crippen LogP contribution is 2.19. The van der Waals surface area contributed by atoms with Crippen molar-refractivity contribution in [2.45, 2.75) is 11.3 Å². The summed E-state index contributed by atoms with van der Waals surface area (Å²) in [6.07, 6.45) is 2.48. The molecule has 0 bridgehead atoms. The molecule has 3 aromatic rings. The van der Waals surface area contributed by atoms with Crippen LogP contribution in [-0.4, -0.2) is 12.0 Å². The van der Waals surface area contributed by atoms with E-state index in [9.17, 15) is 4.79 Å². The monoisotopic (exact) mass is 292 g/mol. The van der Waals surface area contributed by atoms with Gasteiger partial charge < -0.3 is 0 Å². The van der Waals surface area contributed by atoms with Crippen LogP contribution < -0.4 is 0 Å². The van der Waals surface area contributed by atoms with Crippen LogP contribution in [-0.2, 0) is 6.42 Å². The highest BCUT2D eigenvalue weighted by molar-refractivity contribution is 7.98. The Labute approximate surface area is 129 Å². The summed E-state index contributed by atoms with van der Waals surface area (Å²) in [4.78, 5) is 13.5. The van der Waals surface area contributed by atoms with Gasteiger partial charge in [0.15, 0.2) is 5.78 Å². The Kier molecular flexibility index (Phi) is 4.07. The van der Waals surface area contributed by atoms with Gasteiger partial charge in [0.25, 0.3) is 0 Å². The van der Waals surface area contributed by atoms with Crippen LogP contribution in [0.4, 0.5) is 0 Å².